The van der Waals surface area contributed by atoms with Gasteiger partial charge in [0.15, 0.2) is 0 Å². The molecule has 2 aliphatic rings. The Morgan fingerprint density at radius 3 is 3.15 bits per heavy atom. The Bertz CT molecular complexity index is 298. The maximum Gasteiger partial charge on any atom is 0.373 e. The van der Waals surface area contributed by atoms with Crippen molar-refractivity contribution in [3.63, 3.8) is 0 Å². The van der Waals surface area contributed by atoms with Gasteiger partial charge >= 0.3 is 5.97 Å². The third-order valence-corrected chi connectivity index (χ3v) is 2.29. The number of amides is 1. The van der Waals surface area contributed by atoms with Crippen LogP contribution in [0.3, 0.4) is 0 Å². The normalized spacial score (nSPS) is 25.0. The van der Waals surface area contributed by atoms with Crippen molar-refractivity contribution in [2.75, 3.05) is 7.05 Å². The second-order valence-electron chi connectivity index (χ2n) is 3.04. The van der Waals surface area contributed by atoms with Gasteiger partial charge in [0, 0.05) is 19.5 Å². The molecule has 70 valence electrons. The molecule has 5 nitrogen and oxygen atoms in total. The molecule has 5 heteroatoms. The molecule has 1 unspecified atom stereocenters. The molecule has 2 rings (SSSR count). The number of hydrogen-bond acceptors (Lipinski definition) is 4. The summed E-state index contributed by atoms with van der Waals surface area (Å²) in [5.41, 5.74) is 2.66. The summed E-state index contributed by atoms with van der Waals surface area (Å²) in [5.74, 6) is -0.486. The molecule has 13 heavy (non-hydrogen) atoms. The van der Waals surface area contributed by atoms with Gasteiger partial charge < -0.3 is 9.74 Å². The van der Waals surface area contributed by atoms with Crippen molar-refractivity contribution in [3.05, 3.63) is 11.8 Å². The van der Waals surface area contributed by atoms with Crippen LogP contribution in [0.2, 0.25) is 0 Å². The second-order valence-corrected chi connectivity index (χ2v) is 3.04. The van der Waals surface area contributed by atoms with E-state index in [2.05, 4.69) is 10.3 Å². The van der Waals surface area contributed by atoms with Crippen molar-refractivity contribution in [1.82, 2.24) is 10.4 Å². The zero-order valence-electron chi connectivity index (χ0n) is 7.24. The van der Waals surface area contributed by atoms with E-state index in [4.69, 9.17) is 0 Å². The first-order valence-electron chi connectivity index (χ1n) is 4.14. The fourth-order valence-corrected chi connectivity index (χ4v) is 1.67. The van der Waals surface area contributed by atoms with Crippen LogP contribution >= 0.6 is 0 Å². The number of nitrogens with one attached hydrogen (secondary N) is 1. The number of fused-ring (bicyclic) bond motifs is 1. The highest BCUT2D eigenvalue weighted by Crippen LogP contribution is 2.33. The Hall–Kier alpha value is -1.36. The van der Waals surface area contributed by atoms with Crippen LogP contribution in [0.15, 0.2) is 11.8 Å². The third kappa shape index (κ3) is 1.12. The van der Waals surface area contributed by atoms with Crippen LogP contribution in [0.4, 0.5) is 0 Å². The Kier molecular flexibility index (Phi) is 1.81. The lowest BCUT2D eigenvalue weighted by molar-refractivity contribution is -0.153. The summed E-state index contributed by atoms with van der Waals surface area (Å²) in [7, 11) is 1.50. The average molecular weight is 182 g/mol. The highest BCUT2D eigenvalue weighted by Gasteiger charge is 2.44. The number of carbonyl (C=O) groups is 2. The molecule has 1 N–H and O–H groups in total. The lowest BCUT2D eigenvalue weighted by Crippen LogP contribution is -2.50. The van der Waals surface area contributed by atoms with Crippen LogP contribution < -0.4 is 5.48 Å². The summed E-state index contributed by atoms with van der Waals surface area (Å²) >= 11 is 0. The first-order chi connectivity index (χ1) is 6.24. The lowest BCUT2D eigenvalue weighted by Gasteiger charge is -2.35. The molecule has 1 fully saturated rings. The molecule has 0 radical (unpaired) electrons. The molecule has 0 aromatic rings. The van der Waals surface area contributed by atoms with Gasteiger partial charge in [-0.3, -0.25) is 4.79 Å². The minimum Gasteiger partial charge on any atom is -0.366 e. The molecule has 1 saturated heterocycles. The van der Waals surface area contributed by atoms with E-state index in [-0.39, 0.29) is 11.9 Å². The molecular weight excluding hydrogens is 172 g/mol. The van der Waals surface area contributed by atoms with Crippen LogP contribution in [-0.4, -0.2) is 29.9 Å². The predicted octanol–water partition coefficient (Wildman–Crippen LogP) is -0.448. The van der Waals surface area contributed by atoms with E-state index in [1.165, 1.54) is 11.9 Å². The van der Waals surface area contributed by atoms with Crippen molar-refractivity contribution < 1.29 is 14.4 Å². The monoisotopic (exact) mass is 182 g/mol. The lowest BCUT2D eigenvalue weighted by atomic mass is 10.0. The van der Waals surface area contributed by atoms with Gasteiger partial charge in [-0.15, -0.1) is 0 Å². The van der Waals surface area contributed by atoms with Gasteiger partial charge in [-0.2, -0.15) is 5.48 Å². The molecule has 0 spiro atoms. The molecule has 1 amide bonds. The van der Waals surface area contributed by atoms with E-state index in [9.17, 15) is 9.59 Å². The summed E-state index contributed by atoms with van der Waals surface area (Å²) in [4.78, 5) is 28.4. The van der Waals surface area contributed by atoms with Crippen molar-refractivity contribution in [3.8, 4) is 0 Å². The van der Waals surface area contributed by atoms with Gasteiger partial charge in [0.1, 0.15) is 5.70 Å². The Morgan fingerprint density at radius 1 is 1.77 bits per heavy atom. The Morgan fingerprint density at radius 2 is 2.54 bits per heavy atom. The molecule has 0 aliphatic carbocycles. The van der Waals surface area contributed by atoms with Gasteiger partial charge in [0.2, 0.25) is 5.91 Å². The maximum absolute atomic E-state index is 11.2. The minimum absolute atomic E-state index is 0.00167. The summed E-state index contributed by atoms with van der Waals surface area (Å²) in [5, 5.41) is 0. The summed E-state index contributed by atoms with van der Waals surface area (Å²) in [6.07, 6.45) is 3.06. The average Bonchev–Trinajstić information content (AvgIpc) is 2.42. The van der Waals surface area contributed by atoms with Crippen LogP contribution in [0.25, 0.3) is 0 Å². The standard InChI is InChI=1S/C8H10N2O3/c1-9-13-8(12)6-3-2-5-4-7(11)10(5)6/h3,5,9H,2,4H2,1H3. The molecule has 2 aliphatic heterocycles. The summed E-state index contributed by atoms with van der Waals surface area (Å²) in [6, 6.07) is 0.201. The number of hydroxylamine groups is 1. The van der Waals surface area contributed by atoms with Crippen LogP contribution in [-0.2, 0) is 14.4 Å². The van der Waals surface area contributed by atoms with Crippen molar-refractivity contribution in [1.29, 1.82) is 0 Å². The van der Waals surface area contributed by atoms with Gasteiger partial charge in [0.05, 0.1) is 0 Å². The van der Waals surface area contributed by atoms with Gasteiger partial charge in [-0.05, 0) is 6.42 Å². The highest BCUT2D eigenvalue weighted by molar-refractivity contribution is 5.98. The number of carbonyl (C=O) groups excluding carboxylic acids is 2. The van der Waals surface area contributed by atoms with Crippen molar-refractivity contribution in [2.24, 2.45) is 0 Å². The molecule has 0 bridgehead atoms. The first-order valence-corrected chi connectivity index (χ1v) is 4.14. The first kappa shape index (κ1) is 8.25. The molecule has 0 aromatic carbocycles. The topological polar surface area (TPSA) is 58.6 Å². The van der Waals surface area contributed by atoms with E-state index in [0.717, 1.165) is 6.42 Å². The SMILES string of the molecule is CNOC(=O)C1=CCC2CC(=O)N12. The third-order valence-electron chi connectivity index (χ3n) is 2.29. The molecule has 2 heterocycles. The fourth-order valence-electron chi connectivity index (χ4n) is 1.67. The maximum atomic E-state index is 11.2. The number of hydrogen-bond donors (Lipinski definition) is 1. The number of β-lactam (4-membered cyclic amide) rings is 1. The van der Waals surface area contributed by atoms with Crippen molar-refractivity contribution >= 4 is 11.9 Å². The number of nitrogens with zero attached hydrogens (tertiary/aromatic N) is 1. The second kappa shape index (κ2) is 2.85. The predicted molar refractivity (Wildman–Crippen MR) is 43.1 cm³/mol. The van der Waals surface area contributed by atoms with E-state index in [0.29, 0.717) is 12.1 Å². The Balaban J connectivity index is 2.08. The minimum atomic E-state index is -0.488. The smallest absolute Gasteiger partial charge is 0.366 e. The largest absolute Gasteiger partial charge is 0.373 e. The molecule has 0 aromatic heterocycles. The quantitative estimate of drug-likeness (QED) is 0.464. The molecule has 1 atom stereocenters. The summed E-state index contributed by atoms with van der Waals surface area (Å²) < 4.78 is 0. The van der Waals surface area contributed by atoms with E-state index in [1.807, 2.05) is 0 Å². The van der Waals surface area contributed by atoms with Crippen LogP contribution in [0, 0.1) is 0 Å². The zero-order chi connectivity index (χ0) is 9.42. The van der Waals surface area contributed by atoms with E-state index < -0.39 is 5.97 Å². The fraction of sp³-hybridized carbons (Fsp3) is 0.500. The van der Waals surface area contributed by atoms with Gasteiger partial charge in [-0.1, -0.05) is 6.08 Å². The Labute approximate surface area is 75.3 Å². The highest BCUT2D eigenvalue weighted by atomic mass is 16.7. The van der Waals surface area contributed by atoms with Crippen LogP contribution in [0.5, 0.6) is 0 Å². The zero-order valence-corrected chi connectivity index (χ0v) is 7.24. The molecule has 0 saturated carbocycles. The van der Waals surface area contributed by atoms with Crippen molar-refractivity contribution in [2.45, 2.75) is 18.9 Å². The van der Waals surface area contributed by atoms with Crippen LogP contribution in [0.1, 0.15) is 12.8 Å². The molecular formula is C8H10N2O3. The summed E-state index contributed by atoms with van der Waals surface area (Å²) in [6.45, 7) is 0. The van der Waals surface area contributed by atoms with Gasteiger partial charge in [-0.25, -0.2) is 4.79 Å². The van der Waals surface area contributed by atoms with Gasteiger partial charge in [0.25, 0.3) is 0 Å². The van der Waals surface area contributed by atoms with E-state index >= 15 is 0 Å². The number of rotatable bonds is 2. The van der Waals surface area contributed by atoms with E-state index in [1.54, 1.807) is 6.08 Å².